The van der Waals surface area contributed by atoms with Crippen LogP contribution in [0.15, 0.2) is 30.3 Å². The quantitative estimate of drug-likeness (QED) is 0.710. The predicted molar refractivity (Wildman–Crippen MR) is 80.7 cm³/mol. The Balaban J connectivity index is 1.42. The van der Waals surface area contributed by atoms with Crippen LogP contribution in [0.2, 0.25) is 0 Å². The Morgan fingerprint density at radius 1 is 0.947 bits per heavy atom. The van der Waals surface area contributed by atoms with Gasteiger partial charge in [-0.25, -0.2) is 0 Å². The van der Waals surface area contributed by atoms with Crippen molar-refractivity contribution in [3.05, 3.63) is 30.3 Å². The third-order valence-corrected chi connectivity index (χ3v) is 3.87. The Hall–Kier alpha value is -1.02. The van der Waals surface area contributed by atoms with Crippen molar-refractivity contribution in [2.45, 2.75) is 57.4 Å². The lowest BCUT2D eigenvalue weighted by Crippen LogP contribution is -2.31. The summed E-state index contributed by atoms with van der Waals surface area (Å²) < 4.78 is 5.68. The van der Waals surface area contributed by atoms with Gasteiger partial charge in [-0.15, -0.1) is 0 Å². The zero-order valence-electron chi connectivity index (χ0n) is 11.9. The number of benzene rings is 1. The molecule has 0 radical (unpaired) electrons. The SMILES string of the molecule is c1ccc(OCCCCCNC2CCCCC2)cc1. The number of para-hydroxylation sites is 1. The van der Waals surface area contributed by atoms with E-state index in [0.29, 0.717) is 0 Å². The molecule has 0 aromatic heterocycles. The lowest BCUT2D eigenvalue weighted by Gasteiger charge is -2.22. The summed E-state index contributed by atoms with van der Waals surface area (Å²) in [5.74, 6) is 0.989. The van der Waals surface area contributed by atoms with E-state index in [1.807, 2.05) is 30.3 Å². The van der Waals surface area contributed by atoms with Crippen LogP contribution in [0.1, 0.15) is 51.4 Å². The van der Waals surface area contributed by atoms with Gasteiger partial charge in [-0.05, 0) is 50.8 Å². The Bertz CT molecular complexity index is 319. The number of rotatable bonds is 8. The smallest absolute Gasteiger partial charge is 0.119 e. The maximum absolute atomic E-state index is 5.68. The van der Waals surface area contributed by atoms with Gasteiger partial charge in [0.25, 0.3) is 0 Å². The summed E-state index contributed by atoms with van der Waals surface area (Å²) in [4.78, 5) is 0. The van der Waals surface area contributed by atoms with Crippen molar-refractivity contribution < 1.29 is 4.74 Å². The van der Waals surface area contributed by atoms with E-state index in [-0.39, 0.29) is 0 Å². The van der Waals surface area contributed by atoms with E-state index in [9.17, 15) is 0 Å². The molecule has 0 spiro atoms. The Labute approximate surface area is 117 Å². The van der Waals surface area contributed by atoms with Gasteiger partial charge in [-0.3, -0.25) is 0 Å². The first-order valence-corrected chi connectivity index (χ1v) is 7.86. The van der Waals surface area contributed by atoms with Crippen LogP contribution in [0, 0.1) is 0 Å². The second-order valence-electron chi connectivity index (χ2n) is 5.51. The topological polar surface area (TPSA) is 21.3 Å². The van der Waals surface area contributed by atoms with Gasteiger partial charge in [0, 0.05) is 6.04 Å². The predicted octanol–water partition coefficient (Wildman–Crippen LogP) is 4.16. The highest BCUT2D eigenvalue weighted by Crippen LogP contribution is 2.17. The lowest BCUT2D eigenvalue weighted by atomic mass is 9.95. The molecule has 0 atom stereocenters. The minimum Gasteiger partial charge on any atom is -0.494 e. The van der Waals surface area contributed by atoms with Crippen LogP contribution in [0.3, 0.4) is 0 Å². The molecule has 0 heterocycles. The van der Waals surface area contributed by atoms with Crippen molar-refractivity contribution in [3.63, 3.8) is 0 Å². The molecule has 1 aromatic carbocycles. The van der Waals surface area contributed by atoms with E-state index >= 15 is 0 Å². The van der Waals surface area contributed by atoms with Gasteiger partial charge in [0.15, 0.2) is 0 Å². The van der Waals surface area contributed by atoms with Crippen LogP contribution >= 0.6 is 0 Å². The molecule has 19 heavy (non-hydrogen) atoms. The molecule has 2 rings (SSSR count). The summed E-state index contributed by atoms with van der Waals surface area (Å²) >= 11 is 0. The number of hydrogen-bond acceptors (Lipinski definition) is 2. The van der Waals surface area contributed by atoms with E-state index < -0.39 is 0 Å². The number of ether oxygens (including phenoxy) is 1. The fourth-order valence-electron chi connectivity index (χ4n) is 2.72. The summed E-state index contributed by atoms with van der Waals surface area (Å²) in [6.07, 6.45) is 10.7. The van der Waals surface area contributed by atoms with Crippen molar-refractivity contribution in [3.8, 4) is 5.75 Å². The minimum absolute atomic E-state index is 0.800. The molecule has 0 saturated heterocycles. The van der Waals surface area contributed by atoms with E-state index in [0.717, 1.165) is 24.8 Å². The molecule has 1 aliphatic carbocycles. The highest BCUT2D eigenvalue weighted by atomic mass is 16.5. The zero-order valence-corrected chi connectivity index (χ0v) is 11.9. The van der Waals surface area contributed by atoms with Gasteiger partial charge in [0.2, 0.25) is 0 Å². The van der Waals surface area contributed by atoms with Crippen LogP contribution in [0.4, 0.5) is 0 Å². The summed E-state index contributed by atoms with van der Waals surface area (Å²) in [7, 11) is 0. The standard InChI is InChI=1S/C17H27NO/c1-4-10-16(11-5-1)18-14-8-3-9-15-19-17-12-6-2-7-13-17/h2,6-7,12-13,16,18H,1,3-5,8-11,14-15H2. The molecule has 0 unspecified atom stereocenters. The van der Waals surface area contributed by atoms with Crippen LogP contribution in [-0.4, -0.2) is 19.2 Å². The molecular weight excluding hydrogens is 234 g/mol. The molecule has 1 aromatic rings. The summed E-state index contributed by atoms with van der Waals surface area (Å²) in [6, 6.07) is 10.9. The van der Waals surface area contributed by atoms with E-state index in [4.69, 9.17) is 4.74 Å². The molecule has 1 fully saturated rings. The lowest BCUT2D eigenvalue weighted by molar-refractivity contribution is 0.303. The van der Waals surface area contributed by atoms with E-state index in [2.05, 4.69) is 5.32 Å². The van der Waals surface area contributed by atoms with Gasteiger partial charge < -0.3 is 10.1 Å². The summed E-state index contributed by atoms with van der Waals surface area (Å²) in [5, 5.41) is 3.69. The van der Waals surface area contributed by atoms with Gasteiger partial charge in [-0.2, -0.15) is 0 Å². The molecule has 1 saturated carbocycles. The molecule has 0 aliphatic heterocycles. The summed E-state index contributed by atoms with van der Waals surface area (Å²) in [5.41, 5.74) is 0. The molecule has 1 aliphatic rings. The molecule has 0 amide bonds. The summed E-state index contributed by atoms with van der Waals surface area (Å²) in [6.45, 7) is 2.02. The molecule has 1 N–H and O–H groups in total. The second kappa shape index (κ2) is 8.98. The molecule has 0 bridgehead atoms. The normalized spacial score (nSPS) is 16.4. The highest BCUT2D eigenvalue weighted by molar-refractivity contribution is 5.20. The molecule has 2 nitrogen and oxygen atoms in total. The largest absolute Gasteiger partial charge is 0.494 e. The maximum Gasteiger partial charge on any atom is 0.119 e. The number of hydrogen-bond donors (Lipinski definition) is 1. The maximum atomic E-state index is 5.68. The Morgan fingerprint density at radius 3 is 2.53 bits per heavy atom. The number of nitrogens with one attached hydrogen (secondary N) is 1. The van der Waals surface area contributed by atoms with Gasteiger partial charge in [0.1, 0.15) is 5.75 Å². The van der Waals surface area contributed by atoms with E-state index in [1.165, 1.54) is 51.5 Å². The fourth-order valence-corrected chi connectivity index (χ4v) is 2.72. The zero-order chi connectivity index (χ0) is 13.2. The minimum atomic E-state index is 0.800. The first-order chi connectivity index (χ1) is 9.45. The van der Waals surface area contributed by atoms with Crippen LogP contribution in [-0.2, 0) is 0 Å². The van der Waals surface area contributed by atoms with Crippen molar-refractivity contribution in [2.75, 3.05) is 13.2 Å². The second-order valence-corrected chi connectivity index (χ2v) is 5.51. The van der Waals surface area contributed by atoms with Crippen molar-refractivity contribution >= 4 is 0 Å². The molecule has 2 heteroatoms. The molecule has 106 valence electrons. The van der Waals surface area contributed by atoms with Crippen LogP contribution in [0.5, 0.6) is 5.75 Å². The van der Waals surface area contributed by atoms with Gasteiger partial charge >= 0.3 is 0 Å². The Kier molecular flexibility index (Phi) is 6.80. The average molecular weight is 261 g/mol. The third kappa shape index (κ3) is 6.11. The monoisotopic (exact) mass is 261 g/mol. The van der Waals surface area contributed by atoms with Crippen molar-refractivity contribution in [1.82, 2.24) is 5.32 Å². The van der Waals surface area contributed by atoms with Crippen molar-refractivity contribution in [1.29, 1.82) is 0 Å². The van der Waals surface area contributed by atoms with E-state index in [1.54, 1.807) is 0 Å². The molecular formula is C17H27NO. The first-order valence-electron chi connectivity index (χ1n) is 7.86. The van der Waals surface area contributed by atoms with Gasteiger partial charge in [-0.1, -0.05) is 37.5 Å². The van der Waals surface area contributed by atoms with Crippen LogP contribution in [0.25, 0.3) is 0 Å². The van der Waals surface area contributed by atoms with Crippen LogP contribution < -0.4 is 10.1 Å². The number of unbranched alkanes of at least 4 members (excludes halogenated alkanes) is 2. The van der Waals surface area contributed by atoms with Gasteiger partial charge in [0.05, 0.1) is 6.61 Å². The Morgan fingerprint density at radius 2 is 1.74 bits per heavy atom. The highest BCUT2D eigenvalue weighted by Gasteiger charge is 2.11. The fraction of sp³-hybridized carbons (Fsp3) is 0.647. The first kappa shape index (κ1) is 14.4. The third-order valence-electron chi connectivity index (χ3n) is 3.87. The average Bonchev–Trinajstić information content (AvgIpc) is 2.48. The van der Waals surface area contributed by atoms with Crippen molar-refractivity contribution in [2.24, 2.45) is 0 Å².